The molecule has 8 heteroatoms. The van der Waals surface area contributed by atoms with Gasteiger partial charge in [0.25, 0.3) is 5.69 Å². The lowest BCUT2D eigenvalue weighted by Gasteiger charge is -2.11. The molecular weight excluding hydrogens is 280 g/mol. The van der Waals surface area contributed by atoms with Gasteiger partial charge in [-0.15, -0.1) is 0 Å². The van der Waals surface area contributed by atoms with E-state index >= 15 is 0 Å². The monoisotopic (exact) mass is 294 g/mol. The molecule has 2 unspecified atom stereocenters. The lowest BCUT2D eigenvalue weighted by atomic mass is 10.1. The number of carbonyl (C=O) groups excluding carboxylic acids is 1. The molecule has 1 heterocycles. The van der Waals surface area contributed by atoms with Crippen LogP contribution in [0.15, 0.2) is 24.3 Å². The first-order chi connectivity index (χ1) is 9.97. The third-order valence-electron chi connectivity index (χ3n) is 3.20. The first-order valence-electron chi connectivity index (χ1n) is 6.36. The number of ether oxygens (including phenoxy) is 1. The molecule has 0 spiro atoms. The third-order valence-corrected chi connectivity index (χ3v) is 3.20. The second-order valence-electron chi connectivity index (χ2n) is 4.67. The molecule has 0 aliphatic carbocycles. The van der Waals surface area contributed by atoms with E-state index in [-0.39, 0.29) is 18.1 Å². The standard InChI is InChI=1S/C13H14N2O6/c16-12(10-5-6-11(21-10)13(17)18)14-7-8-1-3-9(4-2-8)15(19)20/h1-4,10-11H,5-7H2,(H,14,16)(H,17,18). The highest BCUT2D eigenvalue weighted by Crippen LogP contribution is 2.20. The number of nitrogens with one attached hydrogen (secondary N) is 1. The summed E-state index contributed by atoms with van der Waals surface area (Å²) in [5, 5.41) is 21.9. The fourth-order valence-electron chi connectivity index (χ4n) is 2.05. The molecule has 1 aromatic rings. The Balaban J connectivity index is 1.84. The molecule has 2 N–H and O–H groups in total. The van der Waals surface area contributed by atoms with Crippen molar-refractivity contribution < 1.29 is 24.4 Å². The number of amides is 1. The minimum absolute atomic E-state index is 0.0199. The largest absolute Gasteiger partial charge is 0.479 e. The van der Waals surface area contributed by atoms with Gasteiger partial charge in [-0.1, -0.05) is 12.1 Å². The molecule has 2 atom stereocenters. The molecule has 1 fully saturated rings. The Morgan fingerprint density at radius 3 is 2.43 bits per heavy atom. The van der Waals surface area contributed by atoms with Crippen molar-refractivity contribution >= 4 is 17.6 Å². The molecule has 1 amide bonds. The Bertz CT molecular complexity index is 556. The molecule has 112 valence electrons. The van der Waals surface area contributed by atoms with E-state index in [9.17, 15) is 19.7 Å². The van der Waals surface area contributed by atoms with Gasteiger partial charge in [0.1, 0.15) is 6.10 Å². The van der Waals surface area contributed by atoms with Gasteiger partial charge in [-0.05, 0) is 18.4 Å². The van der Waals surface area contributed by atoms with Gasteiger partial charge in [0, 0.05) is 18.7 Å². The zero-order valence-corrected chi connectivity index (χ0v) is 11.0. The number of nitro benzene ring substituents is 1. The van der Waals surface area contributed by atoms with Gasteiger partial charge in [-0.25, -0.2) is 4.79 Å². The van der Waals surface area contributed by atoms with Crippen LogP contribution in [-0.2, 0) is 20.9 Å². The van der Waals surface area contributed by atoms with Crippen LogP contribution in [0.4, 0.5) is 5.69 Å². The molecule has 1 saturated heterocycles. The predicted octanol–water partition coefficient (Wildman–Crippen LogP) is 0.843. The van der Waals surface area contributed by atoms with E-state index in [0.29, 0.717) is 18.4 Å². The second kappa shape index (κ2) is 6.31. The molecule has 0 radical (unpaired) electrons. The lowest BCUT2D eigenvalue weighted by molar-refractivity contribution is -0.384. The summed E-state index contributed by atoms with van der Waals surface area (Å²) >= 11 is 0. The summed E-state index contributed by atoms with van der Waals surface area (Å²) in [5.74, 6) is -1.45. The molecule has 1 aliphatic rings. The normalized spacial score (nSPS) is 21.0. The highest BCUT2D eigenvalue weighted by Gasteiger charge is 2.34. The maximum atomic E-state index is 11.8. The van der Waals surface area contributed by atoms with Gasteiger partial charge in [0.15, 0.2) is 6.10 Å². The average Bonchev–Trinajstić information content (AvgIpc) is 2.95. The van der Waals surface area contributed by atoms with Gasteiger partial charge in [0.2, 0.25) is 5.91 Å². The number of aliphatic carboxylic acids is 1. The summed E-state index contributed by atoms with van der Waals surface area (Å²) < 4.78 is 5.12. The lowest BCUT2D eigenvalue weighted by Crippen LogP contribution is -2.35. The van der Waals surface area contributed by atoms with E-state index in [4.69, 9.17) is 9.84 Å². The Hall–Kier alpha value is -2.48. The zero-order chi connectivity index (χ0) is 15.4. The van der Waals surface area contributed by atoms with Crippen LogP contribution >= 0.6 is 0 Å². The molecule has 1 aromatic carbocycles. The molecule has 0 bridgehead atoms. The van der Waals surface area contributed by atoms with Crippen molar-refractivity contribution in [3.05, 3.63) is 39.9 Å². The number of carbonyl (C=O) groups is 2. The van der Waals surface area contributed by atoms with E-state index < -0.39 is 23.1 Å². The molecule has 1 aliphatic heterocycles. The minimum atomic E-state index is -1.07. The number of carboxylic acids is 1. The summed E-state index contributed by atoms with van der Waals surface area (Å²) in [4.78, 5) is 32.6. The van der Waals surface area contributed by atoms with Crippen molar-refractivity contribution in [3.63, 3.8) is 0 Å². The Morgan fingerprint density at radius 2 is 1.90 bits per heavy atom. The first kappa shape index (κ1) is 14.9. The van der Waals surface area contributed by atoms with Crippen LogP contribution in [0.3, 0.4) is 0 Å². The van der Waals surface area contributed by atoms with Crippen molar-refractivity contribution in [3.8, 4) is 0 Å². The van der Waals surface area contributed by atoms with E-state index in [0.717, 1.165) is 0 Å². The number of hydrogen-bond donors (Lipinski definition) is 2. The van der Waals surface area contributed by atoms with Crippen LogP contribution in [0.25, 0.3) is 0 Å². The third kappa shape index (κ3) is 3.76. The van der Waals surface area contributed by atoms with Crippen LogP contribution in [0.2, 0.25) is 0 Å². The number of nitrogens with zero attached hydrogens (tertiary/aromatic N) is 1. The van der Waals surface area contributed by atoms with E-state index in [2.05, 4.69) is 5.32 Å². The summed E-state index contributed by atoms with van der Waals surface area (Å²) in [7, 11) is 0. The number of benzene rings is 1. The van der Waals surface area contributed by atoms with Gasteiger partial charge in [-0.3, -0.25) is 14.9 Å². The highest BCUT2D eigenvalue weighted by atomic mass is 16.6. The maximum Gasteiger partial charge on any atom is 0.332 e. The molecule has 0 aromatic heterocycles. The number of hydrogen-bond acceptors (Lipinski definition) is 5. The van der Waals surface area contributed by atoms with Crippen molar-refractivity contribution in [1.29, 1.82) is 0 Å². The zero-order valence-electron chi connectivity index (χ0n) is 11.0. The Morgan fingerprint density at radius 1 is 1.29 bits per heavy atom. The van der Waals surface area contributed by atoms with E-state index in [1.165, 1.54) is 12.1 Å². The van der Waals surface area contributed by atoms with Crippen LogP contribution in [-0.4, -0.2) is 34.1 Å². The van der Waals surface area contributed by atoms with E-state index in [1.54, 1.807) is 12.1 Å². The fraction of sp³-hybridized carbons (Fsp3) is 0.385. The topological polar surface area (TPSA) is 119 Å². The number of non-ortho nitro benzene ring substituents is 1. The van der Waals surface area contributed by atoms with Crippen molar-refractivity contribution in [2.45, 2.75) is 31.6 Å². The summed E-state index contributed by atoms with van der Waals surface area (Å²) in [6, 6.07) is 5.81. The quantitative estimate of drug-likeness (QED) is 0.613. The Kier molecular flexibility index (Phi) is 4.49. The fourth-order valence-corrected chi connectivity index (χ4v) is 2.05. The Labute approximate surface area is 119 Å². The van der Waals surface area contributed by atoms with Crippen LogP contribution < -0.4 is 5.32 Å². The molecule has 21 heavy (non-hydrogen) atoms. The van der Waals surface area contributed by atoms with Gasteiger partial charge in [-0.2, -0.15) is 0 Å². The van der Waals surface area contributed by atoms with Gasteiger partial charge in [0.05, 0.1) is 4.92 Å². The number of rotatable bonds is 5. The SMILES string of the molecule is O=C(O)C1CCC(C(=O)NCc2ccc([N+](=O)[O-])cc2)O1. The molecular formula is C13H14N2O6. The van der Waals surface area contributed by atoms with Gasteiger partial charge < -0.3 is 15.2 Å². The summed E-state index contributed by atoms with van der Waals surface area (Å²) in [6.07, 6.45) is -1.02. The van der Waals surface area contributed by atoms with Crippen LogP contribution in [0.1, 0.15) is 18.4 Å². The summed E-state index contributed by atoms with van der Waals surface area (Å²) in [5.41, 5.74) is 0.690. The molecule has 2 rings (SSSR count). The summed E-state index contributed by atoms with van der Waals surface area (Å²) in [6.45, 7) is 0.203. The van der Waals surface area contributed by atoms with E-state index in [1.807, 2.05) is 0 Å². The van der Waals surface area contributed by atoms with Crippen molar-refractivity contribution in [1.82, 2.24) is 5.32 Å². The minimum Gasteiger partial charge on any atom is -0.479 e. The first-order valence-corrected chi connectivity index (χ1v) is 6.36. The highest BCUT2D eigenvalue weighted by molar-refractivity contribution is 5.82. The number of nitro groups is 1. The average molecular weight is 294 g/mol. The molecule has 8 nitrogen and oxygen atoms in total. The van der Waals surface area contributed by atoms with Crippen molar-refractivity contribution in [2.24, 2.45) is 0 Å². The smallest absolute Gasteiger partial charge is 0.332 e. The predicted molar refractivity (Wildman–Crippen MR) is 70.5 cm³/mol. The molecule has 0 saturated carbocycles. The van der Waals surface area contributed by atoms with Crippen LogP contribution in [0.5, 0.6) is 0 Å². The van der Waals surface area contributed by atoms with Crippen LogP contribution in [0, 0.1) is 10.1 Å². The van der Waals surface area contributed by atoms with Gasteiger partial charge >= 0.3 is 5.97 Å². The number of carboxylic acid groups (broad SMARTS) is 1. The maximum absolute atomic E-state index is 11.8. The second-order valence-corrected chi connectivity index (χ2v) is 4.67. The van der Waals surface area contributed by atoms with Crippen molar-refractivity contribution in [2.75, 3.05) is 0 Å².